The van der Waals surface area contributed by atoms with Crippen LogP contribution in [-0.2, 0) is 23.6 Å². The molecule has 0 aliphatic carbocycles. The molecular formula is C32H35FN8O2S. The van der Waals surface area contributed by atoms with Crippen LogP contribution in [0.5, 0.6) is 0 Å². The van der Waals surface area contributed by atoms with Gasteiger partial charge in [-0.3, -0.25) is 9.36 Å². The normalized spacial score (nSPS) is 13.1. The number of hydrogen-bond acceptors (Lipinski definition) is 6. The second-order valence-electron chi connectivity index (χ2n) is 11.6. The molecule has 1 unspecified atom stereocenters. The minimum absolute atomic E-state index is 0.0195. The van der Waals surface area contributed by atoms with Crippen LogP contribution in [0.15, 0.2) is 65.8 Å². The second kappa shape index (κ2) is 10.9. The number of aromatic nitrogens is 7. The number of benzene rings is 2. The maximum atomic E-state index is 15.5. The summed E-state index contributed by atoms with van der Waals surface area (Å²) in [5.74, 6) is 0.189. The summed E-state index contributed by atoms with van der Waals surface area (Å²) in [6, 6.07) is 13.8. The van der Waals surface area contributed by atoms with E-state index in [-0.39, 0.29) is 17.4 Å². The van der Waals surface area contributed by atoms with Gasteiger partial charge in [-0.15, -0.1) is 0 Å². The molecule has 228 valence electrons. The van der Waals surface area contributed by atoms with Crippen LogP contribution < -0.4 is 0 Å². The zero-order valence-electron chi connectivity index (χ0n) is 25.8. The molecule has 0 saturated carbocycles. The number of nitrogens with zero attached hydrogens (tertiary/aromatic N) is 8. The first-order valence-corrected chi connectivity index (χ1v) is 15.8. The van der Waals surface area contributed by atoms with Crippen LogP contribution in [0.3, 0.4) is 0 Å². The molecule has 4 heterocycles. The summed E-state index contributed by atoms with van der Waals surface area (Å²) in [4.78, 5) is 4.85. The number of pyridine rings is 1. The van der Waals surface area contributed by atoms with E-state index in [2.05, 4.69) is 37.0 Å². The quantitative estimate of drug-likeness (QED) is 0.212. The maximum Gasteiger partial charge on any atom is 0.242 e. The highest BCUT2D eigenvalue weighted by Crippen LogP contribution is 2.37. The molecule has 0 bridgehead atoms. The van der Waals surface area contributed by atoms with Gasteiger partial charge in [0.2, 0.25) is 10.0 Å². The lowest BCUT2D eigenvalue weighted by Crippen LogP contribution is -2.22. The van der Waals surface area contributed by atoms with Gasteiger partial charge in [-0.05, 0) is 49.6 Å². The first kappa shape index (κ1) is 29.6. The van der Waals surface area contributed by atoms with Crippen molar-refractivity contribution in [1.82, 2.24) is 38.6 Å². The average molecular weight is 615 g/mol. The van der Waals surface area contributed by atoms with Gasteiger partial charge in [-0.25, -0.2) is 26.8 Å². The number of sulfonamides is 1. The van der Waals surface area contributed by atoms with Crippen LogP contribution in [0.25, 0.3) is 38.9 Å². The third-order valence-corrected chi connectivity index (χ3v) is 9.79. The van der Waals surface area contributed by atoms with Crippen molar-refractivity contribution in [1.29, 1.82) is 0 Å². The molecule has 0 radical (unpaired) electrons. The van der Waals surface area contributed by atoms with Gasteiger partial charge in [0, 0.05) is 61.1 Å². The zero-order chi connectivity index (χ0) is 31.5. The van der Waals surface area contributed by atoms with Gasteiger partial charge in [-0.2, -0.15) is 15.3 Å². The number of alkyl halides is 1. The van der Waals surface area contributed by atoms with Crippen molar-refractivity contribution in [2.45, 2.75) is 51.2 Å². The summed E-state index contributed by atoms with van der Waals surface area (Å²) < 4.78 is 46.7. The molecule has 0 fully saturated rings. The Balaban J connectivity index is 1.37. The van der Waals surface area contributed by atoms with E-state index >= 15 is 4.39 Å². The van der Waals surface area contributed by atoms with Crippen LogP contribution in [0.2, 0.25) is 0 Å². The molecule has 0 aliphatic rings. The Hall–Kier alpha value is -4.42. The third kappa shape index (κ3) is 5.07. The third-order valence-electron chi connectivity index (χ3n) is 7.96. The van der Waals surface area contributed by atoms with E-state index in [0.29, 0.717) is 11.2 Å². The topological polar surface area (TPSA) is 104 Å². The van der Waals surface area contributed by atoms with E-state index in [1.165, 1.54) is 38.4 Å². The molecule has 0 aliphatic heterocycles. The largest absolute Gasteiger partial charge is 0.273 e. The van der Waals surface area contributed by atoms with Crippen molar-refractivity contribution < 1.29 is 12.8 Å². The number of aryl methyl sites for hydroxylation is 2. The first-order chi connectivity index (χ1) is 20.8. The van der Waals surface area contributed by atoms with E-state index in [1.807, 2.05) is 49.2 Å². The van der Waals surface area contributed by atoms with Crippen LogP contribution in [0, 0.1) is 13.8 Å². The van der Waals surface area contributed by atoms with Gasteiger partial charge < -0.3 is 0 Å². The zero-order valence-corrected chi connectivity index (χ0v) is 26.6. The maximum absolute atomic E-state index is 15.5. The molecular weight excluding hydrogens is 579 g/mol. The fourth-order valence-electron chi connectivity index (χ4n) is 5.73. The Labute approximate surface area is 255 Å². The van der Waals surface area contributed by atoms with Gasteiger partial charge in [0.25, 0.3) is 0 Å². The molecule has 0 saturated heterocycles. The Morgan fingerprint density at radius 1 is 0.977 bits per heavy atom. The van der Waals surface area contributed by atoms with Crippen molar-refractivity contribution in [3.63, 3.8) is 0 Å². The minimum Gasteiger partial charge on any atom is -0.273 e. The molecule has 10 nitrogen and oxygen atoms in total. The summed E-state index contributed by atoms with van der Waals surface area (Å²) in [5, 5.41) is 16.1. The second-order valence-corrected chi connectivity index (χ2v) is 13.8. The Morgan fingerprint density at radius 3 is 2.39 bits per heavy atom. The van der Waals surface area contributed by atoms with E-state index < -0.39 is 16.2 Å². The van der Waals surface area contributed by atoms with Gasteiger partial charge >= 0.3 is 0 Å². The lowest BCUT2D eigenvalue weighted by Gasteiger charge is -2.13. The minimum atomic E-state index is -3.59. The number of rotatable bonds is 8. The van der Waals surface area contributed by atoms with E-state index in [9.17, 15) is 8.42 Å². The molecule has 0 spiro atoms. The van der Waals surface area contributed by atoms with Crippen molar-refractivity contribution >= 4 is 32.0 Å². The highest BCUT2D eigenvalue weighted by molar-refractivity contribution is 7.89. The van der Waals surface area contributed by atoms with E-state index in [0.717, 1.165) is 54.5 Å². The summed E-state index contributed by atoms with van der Waals surface area (Å²) >= 11 is 0. The molecule has 6 rings (SSSR count). The monoisotopic (exact) mass is 614 g/mol. The molecule has 6 aromatic rings. The summed E-state index contributed by atoms with van der Waals surface area (Å²) in [7, 11) is 1.22. The molecule has 2 aromatic carbocycles. The summed E-state index contributed by atoms with van der Waals surface area (Å²) in [6.07, 6.45) is 2.42. The Morgan fingerprint density at radius 2 is 1.70 bits per heavy atom. The predicted octanol–water partition coefficient (Wildman–Crippen LogP) is 5.87. The van der Waals surface area contributed by atoms with Crippen LogP contribution in [0.4, 0.5) is 4.39 Å². The van der Waals surface area contributed by atoms with Crippen molar-refractivity contribution in [2.75, 3.05) is 14.1 Å². The molecule has 0 N–H and O–H groups in total. The lowest BCUT2D eigenvalue weighted by atomic mass is 9.95. The smallest absolute Gasteiger partial charge is 0.242 e. The molecule has 44 heavy (non-hydrogen) atoms. The first-order valence-electron chi connectivity index (χ1n) is 14.4. The van der Waals surface area contributed by atoms with Crippen LogP contribution in [0.1, 0.15) is 48.5 Å². The van der Waals surface area contributed by atoms with Crippen molar-refractivity contribution in [3.05, 3.63) is 83.4 Å². The van der Waals surface area contributed by atoms with Crippen molar-refractivity contribution in [3.8, 4) is 16.9 Å². The lowest BCUT2D eigenvalue weighted by molar-refractivity contribution is 0.293. The molecule has 12 heteroatoms. The standard InChI is InChI=1S/C32H35FN8O2S/c1-19(2)30-21(4)41(29-15-23-16-39(7)37-32(23)34-20(29)3)36-31(30)25-9-8-10-28-26(25)17-40(35-28)18-27(33)22-11-13-24(14-12-22)44(42,43)38(5)6/h8-17,19,27H,18H2,1-7H3. The fraction of sp³-hybridized carbons (Fsp3) is 0.312. The molecule has 0 amide bonds. The fourth-order valence-corrected chi connectivity index (χ4v) is 6.63. The Bertz CT molecular complexity index is 2130. The summed E-state index contributed by atoms with van der Waals surface area (Å²) in [6.45, 7) is 8.32. The summed E-state index contributed by atoms with van der Waals surface area (Å²) in [5.41, 5.74) is 7.44. The number of halogens is 1. The molecule has 1 atom stereocenters. The number of hydrogen-bond donors (Lipinski definition) is 0. The van der Waals surface area contributed by atoms with Crippen LogP contribution >= 0.6 is 0 Å². The van der Waals surface area contributed by atoms with Crippen molar-refractivity contribution in [2.24, 2.45) is 7.05 Å². The van der Waals surface area contributed by atoms with Gasteiger partial charge in [-0.1, -0.05) is 38.1 Å². The highest BCUT2D eigenvalue weighted by Gasteiger charge is 2.24. The van der Waals surface area contributed by atoms with Crippen LogP contribution in [-0.4, -0.2) is 61.1 Å². The SMILES string of the molecule is Cc1nc2nn(C)cc2cc1-n1nc(-c2cccc3nn(CC(F)c4ccc(S(=O)(=O)N(C)C)cc4)cc23)c(C(C)C)c1C. The van der Waals surface area contributed by atoms with Gasteiger partial charge in [0.1, 0.15) is 6.17 Å². The molecule has 4 aromatic heterocycles. The number of fused-ring (bicyclic) bond motifs is 2. The Kier molecular flexibility index (Phi) is 7.37. The van der Waals surface area contributed by atoms with E-state index in [1.54, 1.807) is 9.36 Å². The highest BCUT2D eigenvalue weighted by atomic mass is 32.2. The van der Waals surface area contributed by atoms with Gasteiger partial charge in [0.15, 0.2) is 5.65 Å². The van der Waals surface area contributed by atoms with E-state index in [4.69, 9.17) is 10.1 Å². The predicted molar refractivity (Wildman–Crippen MR) is 169 cm³/mol. The van der Waals surface area contributed by atoms with Gasteiger partial charge in [0.05, 0.1) is 34.0 Å². The average Bonchev–Trinajstić information content (AvgIpc) is 3.65.